The molecule has 0 aliphatic heterocycles. The summed E-state index contributed by atoms with van der Waals surface area (Å²) in [5.74, 6) is 1.75. The van der Waals surface area contributed by atoms with Crippen molar-refractivity contribution in [3.05, 3.63) is 84.5 Å². The average molecular weight is 389 g/mol. The first-order chi connectivity index (χ1) is 14.3. The largest absolute Gasteiger partial charge is 0.376 e. The predicted molar refractivity (Wildman–Crippen MR) is 125 cm³/mol. The number of ether oxygens (including phenoxy) is 1. The van der Waals surface area contributed by atoms with Crippen LogP contribution in [0, 0.1) is 11.8 Å². The lowest BCUT2D eigenvalue weighted by Gasteiger charge is -2.26. The van der Waals surface area contributed by atoms with E-state index in [9.17, 15) is 0 Å². The second-order valence-electron chi connectivity index (χ2n) is 8.37. The molecule has 0 amide bonds. The summed E-state index contributed by atoms with van der Waals surface area (Å²) in [6.45, 7) is 7.27. The molecule has 3 rings (SSSR count). The van der Waals surface area contributed by atoms with Crippen LogP contribution in [0.3, 0.4) is 0 Å². The van der Waals surface area contributed by atoms with Crippen LogP contribution >= 0.6 is 0 Å². The van der Waals surface area contributed by atoms with Crippen LogP contribution in [0.5, 0.6) is 0 Å². The molecule has 0 atom stereocenters. The van der Waals surface area contributed by atoms with Gasteiger partial charge >= 0.3 is 0 Å². The Morgan fingerprint density at radius 1 is 0.897 bits per heavy atom. The van der Waals surface area contributed by atoms with E-state index in [2.05, 4.69) is 74.2 Å². The summed E-state index contributed by atoms with van der Waals surface area (Å²) in [6, 6.07) is 17.9. The summed E-state index contributed by atoms with van der Waals surface area (Å²) in [6.07, 6.45) is 15.5. The summed E-state index contributed by atoms with van der Waals surface area (Å²) >= 11 is 0. The molecule has 0 N–H and O–H groups in total. The van der Waals surface area contributed by atoms with Crippen LogP contribution in [-0.4, -0.2) is 6.61 Å². The molecule has 1 saturated carbocycles. The molecule has 0 saturated heterocycles. The molecule has 154 valence electrons. The summed E-state index contributed by atoms with van der Waals surface area (Å²) < 4.78 is 5.64. The van der Waals surface area contributed by atoms with E-state index in [1.54, 1.807) is 0 Å². The second kappa shape index (κ2) is 11.8. The third-order valence-electron chi connectivity index (χ3n) is 6.17. The average Bonchev–Trinajstić information content (AvgIpc) is 2.77. The van der Waals surface area contributed by atoms with Gasteiger partial charge in [-0.25, -0.2) is 0 Å². The first-order valence-corrected chi connectivity index (χ1v) is 11.3. The van der Waals surface area contributed by atoms with Gasteiger partial charge in [-0.2, -0.15) is 0 Å². The van der Waals surface area contributed by atoms with E-state index < -0.39 is 0 Å². The molecule has 0 spiro atoms. The van der Waals surface area contributed by atoms with Gasteiger partial charge in [0.05, 0.1) is 13.2 Å². The Labute approximate surface area is 177 Å². The SMILES string of the molecule is C=CCCOCc1ccc(-c2ccc(CC[C@H]3CC[C@H](C=CC)CC3)cc2)cc1. The zero-order valence-electron chi connectivity index (χ0n) is 18.0. The van der Waals surface area contributed by atoms with Crippen LogP contribution in [-0.2, 0) is 17.8 Å². The number of benzene rings is 2. The van der Waals surface area contributed by atoms with E-state index in [4.69, 9.17) is 4.74 Å². The molecular formula is C28H36O. The van der Waals surface area contributed by atoms with Crippen LogP contribution in [0.25, 0.3) is 11.1 Å². The maximum Gasteiger partial charge on any atom is 0.0717 e. The van der Waals surface area contributed by atoms with Crippen LogP contribution in [0.1, 0.15) is 56.6 Å². The number of aryl methyl sites for hydroxylation is 1. The summed E-state index contributed by atoms with van der Waals surface area (Å²) in [4.78, 5) is 0. The molecule has 1 aliphatic rings. The fourth-order valence-corrected chi connectivity index (χ4v) is 4.33. The molecule has 1 fully saturated rings. The zero-order valence-corrected chi connectivity index (χ0v) is 18.0. The number of rotatable bonds is 10. The Balaban J connectivity index is 1.45. The van der Waals surface area contributed by atoms with Gasteiger partial charge in [0, 0.05) is 0 Å². The molecule has 0 heterocycles. The van der Waals surface area contributed by atoms with Crippen molar-refractivity contribution in [2.45, 2.75) is 58.5 Å². The van der Waals surface area contributed by atoms with Gasteiger partial charge in [-0.3, -0.25) is 0 Å². The van der Waals surface area contributed by atoms with Crippen molar-refractivity contribution in [1.82, 2.24) is 0 Å². The van der Waals surface area contributed by atoms with Crippen LogP contribution in [0.2, 0.25) is 0 Å². The van der Waals surface area contributed by atoms with Gasteiger partial charge < -0.3 is 4.74 Å². The first-order valence-electron chi connectivity index (χ1n) is 11.3. The highest BCUT2D eigenvalue weighted by Crippen LogP contribution is 2.32. The van der Waals surface area contributed by atoms with Crippen molar-refractivity contribution in [3.63, 3.8) is 0 Å². The van der Waals surface area contributed by atoms with Gasteiger partial charge in [0.1, 0.15) is 0 Å². The smallest absolute Gasteiger partial charge is 0.0717 e. The molecule has 2 aromatic carbocycles. The predicted octanol–water partition coefficient (Wildman–Crippen LogP) is 7.76. The van der Waals surface area contributed by atoms with E-state index in [1.165, 1.54) is 60.8 Å². The van der Waals surface area contributed by atoms with Crippen molar-refractivity contribution in [2.75, 3.05) is 6.61 Å². The first kappa shape index (κ1) is 21.6. The van der Waals surface area contributed by atoms with Gasteiger partial charge in [0.2, 0.25) is 0 Å². The van der Waals surface area contributed by atoms with E-state index in [0.29, 0.717) is 6.61 Å². The number of hydrogen-bond donors (Lipinski definition) is 0. The Morgan fingerprint density at radius 3 is 2.10 bits per heavy atom. The summed E-state index contributed by atoms with van der Waals surface area (Å²) in [5, 5.41) is 0. The Kier molecular flexibility index (Phi) is 8.77. The Bertz CT molecular complexity index is 746. The van der Waals surface area contributed by atoms with Gasteiger partial charge in [-0.1, -0.05) is 66.8 Å². The molecule has 0 radical (unpaired) electrons. The molecule has 1 heteroatoms. The van der Waals surface area contributed by atoms with Gasteiger partial charge in [-0.05, 0) is 86.0 Å². The molecule has 29 heavy (non-hydrogen) atoms. The highest BCUT2D eigenvalue weighted by Gasteiger charge is 2.19. The maximum atomic E-state index is 5.64. The second-order valence-corrected chi connectivity index (χ2v) is 8.37. The molecule has 2 aromatic rings. The molecule has 0 bridgehead atoms. The zero-order chi connectivity index (χ0) is 20.3. The molecule has 1 nitrogen and oxygen atoms in total. The lowest BCUT2D eigenvalue weighted by molar-refractivity contribution is 0.125. The lowest BCUT2D eigenvalue weighted by atomic mass is 9.79. The molecular weight excluding hydrogens is 352 g/mol. The fraction of sp³-hybridized carbons (Fsp3) is 0.429. The minimum atomic E-state index is 0.670. The van der Waals surface area contributed by atoms with E-state index in [-0.39, 0.29) is 0 Å². The summed E-state index contributed by atoms with van der Waals surface area (Å²) in [7, 11) is 0. The van der Waals surface area contributed by atoms with Crippen LogP contribution in [0.15, 0.2) is 73.3 Å². The number of allylic oxidation sites excluding steroid dienone is 2. The normalized spacial score (nSPS) is 19.5. The third-order valence-corrected chi connectivity index (χ3v) is 6.17. The topological polar surface area (TPSA) is 9.23 Å². The van der Waals surface area contributed by atoms with Crippen molar-refractivity contribution >= 4 is 0 Å². The van der Waals surface area contributed by atoms with Crippen LogP contribution in [0.4, 0.5) is 0 Å². The van der Waals surface area contributed by atoms with Gasteiger partial charge in [-0.15, -0.1) is 6.58 Å². The lowest BCUT2D eigenvalue weighted by Crippen LogP contribution is -2.13. The fourth-order valence-electron chi connectivity index (χ4n) is 4.33. The minimum Gasteiger partial charge on any atom is -0.376 e. The van der Waals surface area contributed by atoms with Crippen molar-refractivity contribution in [1.29, 1.82) is 0 Å². The van der Waals surface area contributed by atoms with Crippen molar-refractivity contribution < 1.29 is 4.74 Å². The monoisotopic (exact) mass is 388 g/mol. The summed E-state index contributed by atoms with van der Waals surface area (Å²) in [5.41, 5.74) is 5.25. The maximum absolute atomic E-state index is 5.64. The van der Waals surface area contributed by atoms with E-state index in [0.717, 1.165) is 24.9 Å². The Morgan fingerprint density at radius 2 is 1.52 bits per heavy atom. The quantitative estimate of drug-likeness (QED) is 0.298. The highest BCUT2D eigenvalue weighted by atomic mass is 16.5. The van der Waals surface area contributed by atoms with E-state index >= 15 is 0 Å². The molecule has 1 aliphatic carbocycles. The van der Waals surface area contributed by atoms with E-state index in [1.807, 2.05) is 6.08 Å². The third kappa shape index (κ3) is 7.01. The standard InChI is InChI=1S/C28H36O/c1-3-5-21-29-22-26-15-19-28(20-16-26)27-17-13-25(14-18-27)12-11-24-9-7-23(6-4-2)8-10-24/h3-4,6,13-20,23-24H,1,5,7-12,21-22H2,2H3/t23-,24-. The van der Waals surface area contributed by atoms with Crippen molar-refractivity contribution in [2.24, 2.45) is 11.8 Å². The van der Waals surface area contributed by atoms with Gasteiger partial charge in [0.25, 0.3) is 0 Å². The molecule has 0 unspecified atom stereocenters. The van der Waals surface area contributed by atoms with Gasteiger partial charge in [0.15, 0.2) is 0 Å². The van der Waals surface area contributed by atoms with Crippen molar-refractivity contribution in [3.8, 4) is 11.1 Å². The minimum absolute atomic E-state index is 0.670. The number of hydrogen-bond acceptors (Lipinski definition) is 1. The molecule has 0 aromatic heterocycles. The Hall–Kier alpha value is -2.12. The highest BCUT2D eigenvalue weighted by molar-refractivity contribution is 5.63. The van der Waals surface area contributed by atoms with Crippen LogP contribution < -0.4 is 0 Å².